The maximum absolute atomic E-state index is 12.7. The molecule has 1 aliphatic heterocycles. The Morgan fingerprint density at radius 2 is 1.65 bits per heavy atom. The molecule has 2 aromatic rings. The molecule has 0 radical (unpaired) electrons. The van der Waals surface area contributed by atoms with Crippen molar-refractivity contribution in [1.82, 2.24) is 4.90 Å². The number of carboxylic acids is 1. The molecule has 26 heavy (non-hydrogen) atoms. The van der Waals surface area contributed by atoms with Crippen molar-refractivity contribution in [3.05, 3.63) is 59.7 Å². The highest BCUT2D eigenvalue weighted by Gasteiger charge is 2.25. The van der Waals surface area contributed by atoms with Gasteiger partial charge in [-0.2, -0.15) is 0 Å². The molecule has 1 aliphatic rings. The third-order valence-corrected chi connectivity index (χ3v) is 6.61. The first-order chi connectivity index (χ1) is 12.4. The van der Waals surface area contributed by atoms with E-state index >= 15 is 0 Å². The van der Waals surface area contributed by atoms with E-state index in [0.29, 0.717) is 13.1 Å². The van der Waals surface area contributed by atoms with Crippen molar-refractivity contribution in [3.63, 3.8) is 0 Å². The summed E-state index contributed by atoms with van der Waals surface area (Å²) in [4.78, 5) is 13.8. The molecular formula is C20H23NO4S. The minimum absolute atomic E-state index is 0.271. The molecule has 138 valence electrons. The zero-order valence-electron chi connectivity index (χ0n) is 14.8. The summed E-state index contributed by atoms with van der Waals surface area (Å²) in [6.07, 6.45) is 1.59. The predicted molar refractivity (Wildman–Crippen MR) is 98.7 cm³/mol. The van der Waals surface area contributed by atoms with Crippen molar-refractivity contribution in [2.45, 2.75) is 36.1 Å². The molecule has 2 aromatic carbocycles. The van der Waals surface area contributed by atoms with Gasteiger partial charge < -0.3 is 5.11 Å². The van der Waals surface area contributed by atoms with Gasteiger partial charge in [0.2, 0.25) is 9.84 Å². The average Bonchev–Trinajstić information content (AvgIpc) is 2.63. The number of carboxylic acid groups (broad SMARTS) is 1. The van der Waals surface area contributed by atoms with E-state index in [4.69, 9.17) is 0 Å². The molecule has 0 amide bonds. The Morgan fingerprint density at radius 3 is 2.23 bits per heavy atom. The molecule has 1 heterocycles. The van der Waals surface area contributed by atoms with Crippen LogP contribution >= 0.6 is 0 Å². The van der Waals surface area contributed by atoms with Crippen LogP contribution in [-0.4, -0.2) is 37.5 Å². The van der Waals surface area contributed by atoms with E-state index in [-0.39, 0.29) is 15.7 Å². The van der Waals surface area contributed by atoms with Gasteiger partial charge in [-0.15, -0.1) is 0 Å². The number of hydrogen-bond donors (Lipinski definition) is 1. The van der Waals surface area contributed by atoms with Gasteiger partial charge in [-0.25, -0.2) is 8.42 Å². The number of rotatable bonds is 5. The van der Waals surface area contributed by atoms with Gasteiger partial charge in [-0.1, -0.05) is 29.8 Å². The molecule has 0 saturated carbocycles. The Labute approximate surface area is 154 Å². The van der Waals surface area contributed by atoms with Gasteiger partial charge in [-0.3, -0.25) is 9.69 Å². The van der Waals surface area contributed by atoms with Crippen molar-refractivity contribution < 1.29 is 18.3 Å². The largest absolute Gasteiger partial charge is 0.481 e. The number of piperidine rings is 1. The molecule has 1 N–H and O–H groups in total. The monoisotopic (exact) mass is 373 g/mol. The lowest BCUT2D eigenvalue weighted by atomic mass is 9.98. The number of nitrogens with zero attached hydrogens (tertiary/aromatic N) is 1. The van der Waals surface area contributed by atoms with Crippen molar-refractivity contribution in [2.75, 3.05) is 13.1 Å². The fraction of sp³-hybridized carbons (Fsp3) is 0.350. The highest BCUT2D eigenvalue weighted by atomic mass is 32.2. The van der Waals surface area contributed by atoms with E-state index in [0.717, 1.165) is 30.5 Å². The Balaban J connectivity index is 1.72. The summed E-state index contributed by atoms with van der Waals surface area (Å²) in [6, 6.07) is 13.7. The zero-order valence-corrected chi connectivity index (χ0v) is 15.6. The van der Waals surface area contributed by atoms with Gasteiger partial charge in [0.25, 0.3) is 0 Å². The highest BCUT2D eigenvalue weighted by Crippen LogP contribution is 2.23. The molecule has 0 spiro atoms. The summed E-state index contributed by atoms with van der Waals surface area (Å²) in [5.41, 5.74) is 2.00. The lowest BCUT2D eigenvalue weighted by molar-refractivity contribution is -0.143. The minimum Gasteiger partial charge on any atom is -0.481 e. The summed E-state index contributed by atoms with van der Waals surface area (Å²) in [6.45, 7) is 3.96. The molecule has 0 aromatic heterocycles. The predicted octanol–water partition coefficient (Wildman–Crippen LogP) is 3.12. The van der Waals surface area contributed by atoms with Crippen LogP contribution < -0.4 is 0 Å². The molecule has 3 rings (SSSR count). The van der Waals surface area contributed by atoms with E-state index in [1.165, 1.54) is 0 Å². The van der Waals surface area contributed by atoms with Crippen molar-refractivity contribution >= 4 is 15.8 Å². The van der Waals surface area contributed by atoms with Crippen LogP contribution in [0.5, 0.6) is 0 Å². The van der Waals surface area contributed by atoms with E-state index in [1.807, 2.05) is 19.1 Å². The van der Waals surface area contributed by atoms with E-state index in [1.54, 1.807) is 36.4 Å². The maximum Gasteiger partial charge on any atom is 0.307 e. The van der Waals surface area contributed by atoms with Crippen molar-refractivity contribution in [2.24, 2.45) is 5.92 Å². The van der Waals surface area contributed by atoms with Crippen LogP contribution in [0.25, 0.3) is 0 Å². The van der Waals surface area contributed by atoms with E-state index in [2.05, 4.69) is 4.90 Å². The van der Waals surface area contributed by atoms with Crippen LogP contribution in [0.3, 0.4) is 0 Å². The Morgan fingerprint density at radius 1 is 1.08 bits per heavy atom. The van der Waals surface area contributed by atoms with Crippen molar-refractivity contribution in [3.8, 4) is 0 Å². The second-order valence-corrected chi connectivity index (χ2v) is 8.82. The van der Waals surface area contributed by atoms with Crippen LogP contribution in [0.15, 0.2) is 58.3 Å². The summed E-state index contributed by atoms with van der Waals surface area (Å²) in [7, 11) is -3.52. The zero-order chi connectivity index (χ0) is 18.7. The first-order valence-electron chi connectivity index (χ1n) is 8.72. The van der Waals surface area contributed by atoms with Crippen LogP contribution in [0.1, 0.15) is 24.0 Å². The number of aryl methyl sites for hydroxylation is 1. The third-order valence-electron chi connectivity index (χ3n) is 4.83. The molecular weight excluding hydrogens is 350 g/mol. The second kappa shape index (κ2) is 7.60. The molecule has 6 heteroatoms. The van der Waals surface area contributed by atoms with Gasteiger partial charge in [0, 0.05) is 13.1 Å². The Hall–Kier alpha value is -2.18. The highest BCUT2D eigenvalue weighted by molar-refractivity contribution is 7.91. The number of benzene rings is 2. The number of likely N-dealkylation sites (tertiary alicyclic amines) is 1. The van der Waals surface area contributed by atoms with Gasteiger partial charge >= 0.3 is 5.97 Å². The summed E-state index contributed by atoms with van der Waals surface area (Å²) in [5.74, 6) is -1.06. The molecule has 1 saturated heterocycles. The van der Waals surface area contributed by atoms with Gasteiger partial charge in [0.15, 0.2) is 0 Å². The summed E-state index contributed by atoms with van der Waals surface area (Å²) >= 11 is 0. The fourth-order valence-corrected chi connectivity index (χ4v) is 4.55. The lowest BCUT2D eigenvalue weighted by Crippen LogP contribution is -2.38. The Kier molecular flexibility index (Phi) is 5.44. The van der Waals surface area contributed by atoms with Crippen LogP contribution in [-0.2, 0) is 21.2 Å². The van der Waals surface area contributed by atoms with Gasteiger partial charge in [-0.05, 0) is 56.1 Å². The minimum atomic E-state index is -3.52. The maximum atomic E-state index is 12.7. The normalized spacial score (nSPS) is 18.6. The first-order valence-corrected chi connectivity index (χ1v) is 10.2. The number of sulfone groups is 1. The number of aliphatic carboxylic acids is 1. The van der Waals surface area contributed by atoms with Crippen LogP contribution in [0.4, 0.5) is 0 Å². The van der Waals surface area contributed by atoms with Gasteiger partial charge in [0.05, 0.1) is 15.7 Å². The number of hydrogen-bond acceptors (Lipinski definition) is 4. The van der Waals surface area contributed by atoms with Crippen LogP contribution in [0.2, 0.25) is 0 Å². The van der Waals surface area contributed by atoms with E-state index in [9.17, 15) is 18.3 Å². The Bertz CT molecular complexity index is 873. The fourth-order valence-electron chi connectivity index (χ4n) is 3.29. The third kappa shape index (κ3) is 4.14. The first kappa shape index (κ1) is 18.6. The smallest absolute Gasteiger partial charge is 0.307 e. The molecule has 1 fully saturated rings. The molecule has 0 bridgehead atoms. The lowest BCUT2D eigenvalue weighted by Gasteiger charge is -2.30. The number of carbonyl (C=O) groups is 1. The molecule has 5 nitrogen and oxygen atoms in total. The molecule has 0 aliphatic carbocycles. The van der Waals surface area contributed by atoms with E-state index < -0.39 is 15.8 Å². The topological polar surface area (TPSA) is 74.7 Å². The van der Waals surface area contributed by atoms with Gasteiger partial charge in [0.1, 0.15) is 0 Å². The second-order valence-electron chi connectivity index (χ2n) is 6.87. The quantitative estimate of drug-likeness (QED) is 0.872. The summed E-state index contributed by atoms with van der Waals surface area (Å²) in [5, 5.41) is 9.18. The molecule has 1 atom stereocenters. The SMILES string of the molecule is Cc1ccc(S(=O)(=O)c2ccc(CN3CCCC(C(=O)O)C3)cc2)cc1. The molecule has 1 unspecified atom stereocenters. The standard InChI is InChI=1S/C20H23NO4S/c1-15-4-8-18(9-5-15)26(24,25)19-10-6-16(7-11-19)13-21-12-2-3-17(14-21)20(22)23/h4-11,17H,2-3,12-14H2,1H3,(H,22,23). The van der Waals surface area contributed by atoms with Crippen LogP contribution in [0, 0.1) is 12.8 Å². The average molecular weight is 373 g/mol. The summed E-state index contributed by atoms with van der Waals surface area (Å²) < 4.78 is 25.4. The van der Waals surface area contributed by atoms with Crippen molar-refractivity contribution in [1.29, 1.82) is 0 Å².